The maximum atomic E-state index is 5.22. The van der Waals surface area contributed by atoms with Gasteiger partial charge in [-0.05, 0) is 102 Å². The van der Waals surface area contributed by atoms with E-state index in [0.29, 0.717) is 0 Å². The summed E-state index contributed by atoms with van der Waals surface area (Å²) < 4.78 is 2.54. The third-order valence-corrected chi connectivity index (χ3v) is 10.1. The van der Waals surface area contributed by atoms with Crippen molar-refractivity contribution in [3.63, 3.8) is 0 Å². The Morgan fingerprint density at radius 3 is 2.33 bits per heavy atom. The van der Waals surface area contributed by atoms with E-state index in [0.717, 1.165) is 6.42 Å². The molecular weight excluding hydrogens is 436 g/mol. The molecule has 3 aliphatic rings. The van der Waals surface area contributed by atoms with Crippen LogP contribution in [0.2, 0.25) is 0 Å². The number of hydrogen-bond acceptors (Lipinski definition) is 1. The third-order valence-electron chi connectivity index (χ3n) is 10.1. The molecule has 2 heterocycles. The molecule has 1 fully saturated rings. The van der Waals surface area contributed by atoms with Crippen molar-refractivity contribution < 1.29 is 4.57 Å². The summed E-state index contributed by atoms with van der Waals surface area (Å²) in [7, 11) is 0. The molecule has 8 rings (SSSR count). The minimum atomic E-state index is -0.141. The highest BCUT2D eigenvalue weighted by molar-refractivity contribution is 6.02. The van der Waals surface area contributed by atoms with Crippen LogP contribution in [-0.2, 0) is 16.4 Å². The maximum Gasteiger partial charge on any atom is 0.287 e. The largest absolute Gasteiger partial charge is 0.287 e. The topological polar surface area (TPSA) is 16.8 Å². The molecule has 2 unspecified atom stereocenters. The van der Waals surface area contributed by atoms with Crippen LogP contribution >= 0.6 is 0 Å². The van der Waals surface area contributed by atoms with Gasteiger partial charge >= 0.3 is 0 Å². The smallest absolute Gasteiger partial charge is 0.223 e. The lowest BCUT2D eigenvalue weighted by molar-refractivity contribution is -0.733. The summed E-state index contributed by atoms with van der Waals surface area (Å²) in [6, 6.07) is 22.9. The normalized spacial score (nSPS) is 24.2. The van der Waals surface area contributed by atoms with Gasteiger partial charge in [-0.15, -0.1) is 0 Å². The van der Waals surface area contributed by atoms with Gasteiger partial charge in [0, 0.05) is 17.4 Å². The van der Waals surface area contributed by atoms with E-state index in [9.17, 15) is 0 Å². The molecule has 2 aliphatic carbocycles. The van der Waals surface area contributed by atoms with Gasteiger partial charge in [-0.3, -0.25) is 0 Å². The molecule has 4 aromatic carbocycles. The zero-order chi connectivity index (χ0) is 24.8. The highest BCUT2D eigenvalue weighted by atomic mass is 15.2. The quantitative estimate of drug-likeness (QED) is 0.214. The van der Waals surface area contributed by atoms with Crippen molar-refractivity contribution >= 4 is 21.5 Å². The van der Waals surface area contributed by atoms with Crippen LogP contribution in [0.5, 0.6) is 0 Å². The van der Waals surface area contributed by atoms with Gasteiger partial charge in [-0.1, -0.05) is 54.4 Å². The third kappa shape index (κ3) is 2.13. The van der Waals surface area contributed by atoms with E-state index in [-0.39, 0.29) is 16.4 Å². The number of rotatable bonds is 0. The van der Waals surface area contributed by atoms with Crippen LogP contribution < -0.4 is 4.57 Å². The lowest BCUT2D eigenvalue weighted by Gasteiger charge is -2.31. The number of benzene rings is 4. The molecule has 0 spiro atoms. The Labute approximate surface area is 212 Å². The van der Waals surface area contributed by atoms with E-state index in [1.165, 1.54) is 71.9 Å². The monoisotopic (exact) mass is 467 g/mol. The molecule has 2 heteroatoms. The Morgan fingerprint density at radius 1 is 0.806 bits per heavy atom. The van der Waals surface area contributed by atoms with Gasteiger partial charge in [-0.2, -0.15) is 0 Å². The van der Waals surface area contributed by atoms with Crippen molar-refractivity contribution in [2.75, 3.05) is 0 Å². The minimum Gasteiger partial charge on any atom is -0.223 e. The van der Waals surface area contributed by atoms with E-state index in [1.54, 1.807) is 0 Å². The fourth-order valence-corrected chi connectivity index (χ4v) is 7.97. The van der Waals surface area contributed by atoms with Gasteiger partial charge in [0.2, 0.25) is 0 Å². The number of nitrogens with zero attached hydrogens (tertiary/aromatic N) is 2. The van der Waals surface area contributed by atoms with Crippen LogP contribution in [0, 0.1) is 13.8 Å². The maximum absolute atomic E-state index is 5.22. The Morgan fingerprint density at radius 2 is 1.56 bits per heavy atom. The van der Waals surface area contributed by atoms with Crippen molar-refractivity contribution in [3.8, 4) is 22.4 Å². The molecule has 36 heavy (non-hydrogen) atoms. The first-order valence-corrected chi connectivity index (χ1v) is 13.2. The minimum absolute atomic E-state index is 0.0348. The molecule has 2 nitrogen and oxygen atoms in total. The summed E-state index contributed by atoms with van der Waals surface area (Å²) in [4.78, 5) is 5.22. The fourth-order valence-electron chi connectivity index (χ4n) is 7.97. The number of hydrogen-bond donors (Lipinski definition) is 0. The van der Waals surface area contributed by atoms with Gasteiger partial charge in [0.1, 0.15) is 11.2 Å². The molecule has 176 valence electrons. The van der Waals surface area contributed by atoms with Crippen molar-refractivity contribution in [2.45, 2.75) is 64.3 Å². The molecule has 1 aromatic heterocycles. The van der Waals surface area contributed by atoms with Gasteiger partial charge in [-0.25, -0.2) is 4.57 Å². The molecule has 0 bridgehead atoms. The molecule has 5 aromatic rings. The SMILES string of the molecule is Cc1cccc2c3c(cc(C)c12)-c1c2c(nc[n+]1C1(C)CC31C)C(C)(C)c1cc3ccccc3cc1-2. The molecule has 1 aliphatic heterocycles. The summed E-state index contributed by atoms with van der Waals surface area (Å²) in [6.45, 7) is 14.1. The van der Waals surface area contributed by atoms with E-state index >= 15 is 0 Å². The van der Waals surface area contributed by atoms with E-state index < -0.39 is 0 Å². The molecule has 1 saturated carbocycles. The van der Waals surface area contributed by atoms with Crippen LogP contribution in [-0.4, -0.2) is 4.98 Å². The summed E-state index contributed by atoms with van der Waals surface area (Å²) in [6.07, 6.45) is 3.30. The van der Waals surface area contributed by atoms with Gasteiger partial charge in [0.25, 0.3) is 6.33 Å². The second kappa shape index (κ2) is 6.06. The standard InChI is InChI=1S/C34H31N2/c1-19-10-9-13-23-27(19)20(2)14-25-29(23)33(5)17-34(33,6)36-18-35-31-28(30(25)36)24-15-21-11-7-8-12-22(21)16-26(24)32(31,3)4/h7-16,18H,17H2,1-6H3/q+1. The van der Waals surface area contributed by atoms with Crippen LogP contribution in [0.4, 0.5) is 0 Å². The molecule has 0 amide bonds. The zero-order valence-corrected chi connectivity index (χ0v) is 22.0. The van der Waals surface area contributed by atoms with Gasteiger partial charge < -0.3 is 0 Å². The number of aromatic nitrogens is 2. The van der Waals surface area contributed by atoms with Gasteiger partial charge in [0.15, 0.2) is 5.69 Å². The van der Waals surface area contributed by atoms with Crippen molar-refractivity contribution in [2.24, 2.45) is 0 Å². The molecule has 0 radical (unpaired) electrons. The van der Waals surface area contributed by atoms with Crippen LogP contribution in [0.3, 0.4) is 0 Å². The Balaban J connectivity index is 1.57. The van der Waals surface area contributed by atoms with E-state index in [2.05, 4.69) is 113 Å². The second-order valence-corrected chi connectivity index (χ2v) is 12.5. The number of aryl methyl sites for hydroxylation is 2. The summed E-state index contributed by atoms with van der Waals surface area (Å²) in [5, 5.41) is 5.46. The first-order chi connectivity index (χ1) is 17.2. The summed E-state index contributed by atoms with van der Waals surface area (Å²) >= 11 is 0. The highest BCUT2D eigenvalue weighted by Crippen LogP contribution is 2.66. The average molecular weight is 468 g/mol. The summed E-state index contributed by atoms with van der Waals surface area (Å²) in [5.41, 5.74) is 12.3. The van der Waals surface area contributed by atoms with Crippen LogP contribution in [0.15, 0.2) is 67.0 Å². The average Bonchev–Trinajstić information content (AvgIpc) is 3.37. The van der Waals surface area contributed by atoms with Crippen molar-refractivity contribution in [1.29, 1.82) is 0 Å². The number of fused-ring (bicyclic) bond motifs is 13. The van der Waals surface area contributed by atoms with Crippen LogP contribution in [0.25, 0.3) is 43.9 Å². The Hall–Kier alpha value is -3.52. The molecule has 0 saturated heterocycles. The second-order valence-electron chi connectivity index (χ2n) is 12.5. The molecular formula is C34H31N2+. The molecule has 2 atom stereocenters. The Kier molecular flexibility index (Phi) is 3.48. The van der Waals surface area contributed by atoms with E-state index in [1.807, 2.05) is 0 Å². The first kappa shape index (κ1) is 20.7. The Bertz CT molecular complexity index is 1840. The zero-order valence-electron chi connectivity index (χ0n) is 22.0. The van der Waals surface area contributed by atoms with Crippen molar-refractivity contribution in [1.82, 2.24) is 4.98 Å². The van der Waals surface area contributed by atoms with Gasteiger partial charge in [0.05, 0.1) is 11.0 Å². The lowest BCUT2D eigenvalue weighted by Crippen LogP contribution is -2.53. The fraction of sp³-hybridized carbons (Fsp3) is 0.294. The molecule has 0 N–H and O–H groups in total. The van der Waals surface area contributed by atoms with Crippen LogP contribution in [0.1, 0.15) is 62.1 Å². The first-order valence-electron chi connectivity index (χ1n) is 13.2. The van der Waals surface area contributed by atoms with E-state index in [4.69, 9.17) is 4.98 Å². The summed E-state index contributed by atoms with van der Waals surface area (Å²) in [5.74, 6) is 0. The lowest BCUT2D eigenvalue weighted by atomic mass is 9.78. The predicted molar refractivity (Wildman–Crippen MR) is 148 cm³/mol. The van der Waals surface area contributed by atoms with Crippen molar-refractivity contribution in [3.05, 3.63) is 94.9 Å². The highest BCUT2D eigenvalue weighted by Gasteiger charge is 2.71. The predicted octanol–water partition coefficient (Wildman–Crippen LogP) is 7.66.